The first kappa shape index (κ1) is 13.9. The maximum atomic E-state index is 11.0. The van der Waals surface area contributed by atoms with E-state index in [4.69, 9.17) is 10.2 Å². The van der Waals surface area contributed by atoms with Gasteiger partial charge in [-0.05, 0) is 12.1 Å². The van der Waals surface area contributed by atoms with Gasteiger partial charge in [-0.2, -0.15) is 8.42 Å². The number of carbonyl (C=O) groups excluding carboxylic acids is 2. The quantitative estimate of drug-likeness (QED) is 0.641. The lowest BCUT2D eigenvalue weighted by molar-refractivity contribution is 0.110. The van der Waals surface area contributed by atoms with Crippen LogP contribution >= 0.6 is 0 Å². The van der Waals surface area contributed by atoms with Crippen molar-refractivity contribution in [1.82, 2.24) is 0 Å². The summed E-state index contributed by atoms with van der Waals surface area (Å²) in [6.45, 7) is 0. The molecule has 0 radical (unpaired) electrons. The van der Waals surface area contributed by atoms with Crippen LogP contribution in [0.25, 0.3) is 11.0 Å². The Hall–Kier alpha value is -2.55. The topological polar surface area (TPSA) is 129 Å². The molecule has 1 heterocycles. The summed E-state index contributed by atoms with van der Waals surface area (Å²) in [7, 11) is -3.67. The van der Waals surface area contributed by atoms with E-state index >= 15 is 0 Å². The number of furan rings is 1. The molecule has 2 aromatic rings. The maximum Gasteiger partial charge on any atom is 0.316 e. The van der Waals surface area contributed by atoms with E-state index in [1.54, 1.807) is 0 Å². The minimum Gasteiger partial charge on any atom is -0.451 e. The highest BCUT2D eigenvalue weighted by molar-refractivity contribution is 7.86. The molecule has 0 spiro atoms. The van der Waals surface area contributed by atoms with E-state index < -0.39 is 16.1 Å². The number of carbonyl (C=O) groups is 2. The van der Waals surface area contributed by atoms with Gasteiger partial charge in [-0.15, -0.1) is 0 Å². The van der Waals surface area contributed by atoms with Crippen LogP contribution in [0.4, 0.5) is 10.5 Å². The summed E-state index contributed by atoms with van der Waals surface area (Å²) >= 11 is 0. The Morgan fingerprint density at radius 2 is 2.15 bits per heavy atom. The van der Waals surface area contributed by atoms with Crippen molar-refractivity contribution in [1.29, 1.82) is 0 Å². The van der Waals surface area contributed by atoms with Gasteiger partial charge in [-0.3, -0.25) is 4.79 Å². The molecule has 0 fully saturated rings. The predicted molar refractivity (Wildman–Crippen MR) is 70.3 cm³/mol. The average Bonchev–Trinajstić information content (AvgIpc) is 2.64. The summed E-state index contributed by atoms with van der Waals surface area (Å²) < 4.78 is 31.9. The fraction of sp³-hybridized carbons (Fsp3) is 0.0909. The number of fused-ring (bicyclic) bond motifs is 1. The van der Waals surface area contributed by atoms with E-state index in [2.05, 4.69) is 9.50 Å². The highest BCUT2D eigenvalue weighted by Crippen LogP contribution is 2.32. The standard InChI is InChI=1S/C11H10N2O6S/c1-20(16,17)19-6-2-3-7-8(4-6)18-9(5-14)10(7)13-11(12)15/h2-5H,1H3,(H3,12,13,15). The minimum absolute atomic E-state index is 0.0248. The number of hydrogen-bond acceptors (Lipinski definition) is 6. The van der Waals surface area contributed by atoms with Gasteiger partial charge in [0.15, 0.2) is 12.0 Å². The number of primary amides is 1. The summed E-state index contributed by atoms with van der Waals surface area (Å²) in [5.74, 6) is -0.105. The fourth-order valence-electron chi connectivity index (χ4n) is 1.66. The molecule has 2 rings (SSSR count). The second-order valence-electron chi connectivity index (χ2n) is 3.89. The highest BCUT2D eigenvalue weighted by atomic mass is 32.2. The van der Waals surface area contributed by atoms with Crippen molar-refractivity contribution >= 4 is 39.1 Å². The van der Waals surface area contributed by atoms with Crippen molar-refractivity contribution in [2.24, 2.45) is 5.73 Å². The lowest BCUT2D eigenvalue weighted by Gasteiger charge is -2.02. The molecule has 0 aliphatic carbocycles. The minimum atomic E-state index is -3.67. The predicted octanol–water partition coefficient (Wildman–Crippen LogP) is 1.07. The highest BCUT2D eigenvalue weighted by Gasteiger charge is 2.16. The van der Waals surface area contributed by atoms with E-state index in [0.717, 1.165) is 6.26 Å². The Balaban J connectivity index is 2.54. The number of benzene rings is 1. The van der Waals surface area contributed by atoms with Crippen LogP contribution in [0.5, 0.6) is 5.75 Å². The number of nitrogens with one attached hydrogen (secondary N) is 1. The van der Waals surface area contributed by atoms with Gasteiger partial charge in [-0.1, -0.05) is 0 Å². The van der Waals surface area contributed by atoms with E-state index in [-0.39, 0.29) is 22.8 Å². The van der Waals surface area contributed by atoms with E-state index in [1.165, 1.54) is 18.2 Å². The maximum absolute atomic E-state index is 11.0. The van der Waals surface area contributed by atoms with Gasteiger partial charge in [-0.25, -0.2) is 4.79 Å². The molecule has 3 N–H and O–H groups in total. The Morgan fingerprint density at radius 1 is 1.45 bits per heavy atom. The molecule has 8 nitrogen and oxygen atoms in total. The van der Waals surface area contributed by atoms with Gasteiger partial charge >= 0.3 is 16.1 Å². The van der Waals surface area contributed by atoms with E-state index in [9.17, 15) is 18.0 Å². The molecular formula is C11H10N2O6S. The van der Waals surface area contributed by atoms with Crippen LogP contribution in [0.15, 0.2) is 22.6 Å². The lowest BCUT2D eigenvalue weighted by atomic mass is 10.2. The van der Waals surface area contributed by atoms with Crippen molar-refractivity contribution in [2.45, 2.75) is 0 Å². The number of anilines is 1. The number of nitrogens with two attached hydrogens (primary N) is 1. The fourth-order valence-corrected chi connectivity index (χ4v) is 2.11. The summed E-state index contributed by atoms with van der Waals surface area (Å²) in [6, 6.07) is 3.24. The molecule has 1 aromatic heterocycles. The Morgan fingerprint density at radius 3 is 2.70 bits per heavy atom. The Kier molecular flexibility index (Phi) is 3.36. The van der Waals surface area contributed by atoms with Gasteiger partial charge in [0.25, 0.3) is 0 Å². The molecule has 9 heteroatoms. The van der Waals surface area contributed by atoms with Gasteiger partial charge in [0.2, 0.25) is 0 Å². The zero-order valence-corrected chi connectivity index (χ0v) is 11.1. The van der Waals surface area contributed by atoms with Crippen LogP contribution < -0.4 is 15.2 Å². The summed E-state index contributed by atoms with van der Waals surface area (Å²) in [5.41, 5.74) is 5.30. The zero-order valence-electron chi connectivity index (χ0n) is 10.2. The van der Waals surface area contributed by atoms with Crippen molar-refractivity contribution in [2.75, 3.05) is 11.6 Å². The molecule has 20 heavy (non-hydrogen) atoms. The number of rotatable bonds is 4. The lowest BCUT2D eigenvalue weighted by Crippen LogP contribution is -2.19. The average molecular weight is 298 g/mol. The summed E-state index contributed by atoms with van der Waals surface area (Å²) in [5, 5.41) is 2.66. The van der Waals surface area contributed by atoms with Gasteiger partial charge < -0.3 is 19.7 Å². The number of aldehydes is 1. The molecule has 2 amide bonds. The third-order valence-corrected chi connectivity index (χ3v) is 2.79. The van der Waals surface area contributed by atoms with Crippen LogP contribution in [0, 0.1) is 0 Å². The van der Waals surface area contributed by atoms with Crippen LogP contribution in [-0.2, 0) is 10.1 Å². The Labute approximate surface area is 113 Å². The number of amides is 2. The molecule has 0 aliphatic heterocycles. The van der Waals surface area contributed by atoms with Crippen molar-refractivity contribution in [3.8, 4) is 5.75 Å². The molecule has 0 saturated heterocycles. The van der Waals surface area contributed by atoms with E-state index in [1.807, 2.05) is 0 Å². The molecular weight excluding hydrogens is 288 g/mol. The summed E-state index contributed by atoms with van der Waals surface area (Å²) in [6.07, 6.45) is 1.30. The molecule has 0 aliphatic rings. The largest absolute Gasteiger partial charge is 0.451 e. The normalized spacial score (nSPS) is 11.2. The molecule has 1 aromatic carbocycles. The molecule has 0 unspecified atom stereocenters. The molecule has 106 valence electrons. The van der Waals surface area contributed by atoms with Crippen LogP contribution in [0.2, 0.25) is 0 Å². The van der Waals surface area contributed by atoms with Crippen LogP contribution in [0.1, 0.15) is 10.6 Å². The zero-order chi connectivity index (χ0) is 14.9. The van der Waals surface area contributed by atoms with Crippen molar-refractivity contribution in [3.05, 3.63) is 24.0 Å². The molecule has 0 bridgehead atoms. The van der Waals surface area contributed by atoms with Crippen LogP contribution in [0.3, 0.4) is 0 Å². The Bertz CT molecular complexity index is 793. The first-order chi connectivity index (χ1) is 9.30. The smallest absolute Gasteiger partial charge is 0.316 e. The number of urea groups is 1. The van der Waals surface area contributed by atoms with Gasteiger partial charge in [0, 0.05) is 11.5 Å². The van der Waals surface area contributed by atoms with Gasteiger partial charge in [0.05, 0.1) is 6.26 Å². The monoisotopic (exact) mass is 298 g/mol. The third-order valence-electron chi connectivity index (χ3n) is 2.29. The van der Waals surface area contributed by atoms with Crippen LogP contribution in [-0.4, -0.2) is 27.0 Å². The van der Waals surface area contributed by atoms with Gasteiger partial charge in [0.1, 0.15) is 17.0 Å². The summed E-state index contributed by atoms with van der Waals surface area (Å²) in [4.78, 5) is 21.8. The number of hydrogen-bond donors (Lipinski definition) is 2. The van der Waals surface area contributed by atoms with E-state index in [0.29, 0.717) is 11.7 Å². The van der Waals surface area contributed by atoms with Crippen molar-refractivity contribution < 1.29 is 26.6 Å². The first-order valence-corrected chi connectivity index (χ1v) is 7.09. The second-order valence-corrected chi connectivity index (χ2v) is 5.47. The third kappa shape index (κ3) is 2.88. The SMILES string of the molecule is CS(=O)(=O)Oc1ccc2c(NC(N)=O)c(C=O)oc2c1. The molecule has 0 atom stereocenters. The van der Waals surface area contributed by atoms with Crippen molar-refractivity contribution in [3.63, 3.8) is 0 Å². The molecule has 0 saturated carbocycles. The first-order valence-electron chi connectivity index (χ1n) is 5.28. The second kappa shape index (κ2) is 4.85.